The van der Waals surface area contributed by atoms with E-state index in [4.69, 9.17) is 4.42 Å². The highest BCUT2D eigenvalue weighted by Crippen LogP contribution is 2.28. The molecule has 4 aromatic rings. The highest BCUT2D eigenvalue weighted by Gasteiger charge is 2.28. The van der Waals surface area contributed by atoms with Gasteiger partial charge in [-0.25, -0.2) is 13.8 Å². The zero-order valence-corrected chi connectivity index (χ0v) is 17.2. The Labute approximate surface area is 182 Å². The lowest BCUT2D eigenvalue weighted by molar-refractivity contribution is -0.132. The predicted octanol–water partition coefficient (Wildman–Crippen LogP) is 4.00. The number of piperidine rings is 1. The molecule has 4 heterocycles. The van der Waals surface area contributed by atoms with Gasteiger partial charge in [0.05, 0.1) is 11.8 Å². The molecule has 1 aromatic carbocycles. The second-order valence-corrected chi connectivity index (χ2v) is 7.88. The number of hydrogen-bond donors (Lipinski definition) is 0. The smallest absolute Gasteiger partial charge is 0.223 e. The third kappa shape index (κ3) is 3.86. The largest absolute Gasteiger partial charge is 0.441 e. The first kappa shape index (κ1) is 20.3. The number of rotatable bonds is 5. The zero-order valence-electron chi connectivity index (χ0n) is 17.2. The van der Waals surface area contributed by atoms with E-state index in [9.17, 15) is 13.6 Å². The van der Waals surface area contributed by atoms with Gasteiger partial charge in [-0.3, -0.25) is 9.20 Å². The molecule has 5 rings (SSSR count). The van der Waals surface area contributed by atoms with Crippen molar-refractivity contribution < 1.29 is 18.0 Å². The van der Waals surface area contributed by atoms with Crippen LogP contribution in [0.15, 0.2) is 53.2 Å². The van der Waals surface area contributed by atoms with Crippen LogP contribution in [0.4, 0.5) is 8.78 Å². The summed E-state index contributed by atoms with van der Waals surface area (Å²) in [6.07, 6.45) is 5.50. The van der Waals surface area contributed by atoms with E-state index in [0.29, 0.717) is 13.1 Å². The van der Waals surface area contributed by atoms with Crippen molar-refractivity contribution in [3.05, 3.63) is 72.1 Å². The first-order chi connectivity index (χ1) is 15.6. The predicted molar refractivity (Wildman–Crippen MR) is 112 cm³/mol. The van der Waals surface area contributed by atoms with Gasteiger partial charge < -0.3 is 9.32 Å². The number of carbonyl (C=O) groups excluding carboxylic acids is 1. The standard InChI is InChI=1S/C23H21F2N5O2/c24-16-6-3-7-17(25)22(16)18-13-26-20(32-18)9-10-21(31)29-11-4-5-15(14-29)23-28-27-19-8-1-2-12-30(19)23/h1-3,6-8,12-13,15H,4-5,9-11,14H2. The molecular formula is C23H21F2N5O2. The second kappa shape index (κ2) is 8.49. The number of halogens is 2. The lowest BCUT2D eigenvalue weighted by Gasteiger charge is -2.32. The number of oxazole rings is 1. The first-order valence-electron chi connectivity index (χ1n) is 10.6. The number of amides is 1. The summed E-state index contributed by atoms with van der Waals surface area (Å²) in [7, 11) is 0. The molecule has 9 heteroatoms. The maximum Gasteiger partial charge on any atom is 0.223 e. The number of pyridine rings is 1. The van der Waals surface area contributed by atoms with Crippen LogP contribution in [-0.4, -0.2) is 43.5 Å². The SMILES string of the molecule is O=C(CCc1ncc(-c2c(F)cccc2F)o1)N1CCCC(c2nnc3ccccn23)C1. The first-order valence-corrected chi connectivity index (χ1v) is 10.6. The molecule has 1 fully saturated rings. The van der Waals surface area contributed by atoms with Crippen molar-refractivity contribution in [2.45, 2.75) is 31.6 Å². The number of hydrogen-bond acceptors (Lipinski definition) is 5. The fraction of sp³-hybridized carbons (Fsp3) is 0.304. The Balaban J connectivity index is 1.23. The third-order valence-electron chi connectivity index (χ3n) is 5.79. The molecule has 7 nitrogen and oxygen atoms in total. The van der Waals surface area contributed by atoms with Gasteiger partial charge in [0, 0.05) is 38.0 Å². The van der Waals surface area contributed by atoms with E-state index in [0.717, 1.165) is 36.4 Å². The molecule has 0 saturated carbocycles. The lowest BCUT2D eigenvalue weighted by Crippen LogP contribution is -2.39. The van der Waals surface area contributed by atoms with Gasteiger partial charge >= 0.3 is 0 Å². The van der Waals surface area contributed by atoms with Crippen LogP contribution in [0.25, 0.3) is 17.0 Å². The second-order valence-electron chi connectivity index (χ2n) is 7.88. The van der Waals surface area contributed by atoms with E-state index in [1.165, 1.54) is 12.3 Å². The maximum absolute atomic E-state index is 14.0. The summed E-state index contributed by atoms with van der Waals surface area (Å²) in [6, 6.07) is 9.37. The molecule has 0 bridgehead atoms. The summed E-state index contributed by atoms with van der Waals surface area (Å²) in [5.74, 6) is -0.189. The Morgan fingerprint density at radius 1 is 1.12 bits per heavy atom. The summed E-state index contributed by atoms with van der Waals surface area (Å²) in [4.78, 5) is 18.8. The summed E-state index contributed by atoms with van der Waals surface area (Å²) in [6.45, 7) is 1.26. The zero-order chi connectivity index (χ0) is 22.1. The molecule has 1 saturated heterocycles. The Bertz CT molecular complexity index is 1250. The summed E-state index contributed by atoms with van der Waals surface area (Å²) in [5.41, 5.74) is 0.536. The van der Waals surface area contributed by atoms with E-state index in [1.54, 1.807) is 0 Å². The van der Waals surface area contributed by atoms with E-state index in [1.807, 2.05) is 33.7 Å². The van der Waals surface area contributed by atoms with Crippen molar-refractivity contribution >= 4 is 11.6 Å². The van der Waals surface area contributed by atoms with Gasteiger partial charge in [-0.2, -0.15) is 0 Å². The Morgan fingerprint density at radius 3 is 2.81 bits per heavy atom. The molecule has 1 aliphatic heterocycles. The molecule has 1 atom stereocenters. The van der Waals surface area contributed by atoms with Crippen LogP contribution < -0.4 is 0 Å². The molecule has 1 amide bonds. The summed E-state index contributed by atoms with van der Waals surface area (Å²) in [5, 5.41) is 8.56. The average molecular weight is 437 g/mol. The van der Waals surface area contributed by atoms with Gasteiger partial charge in [-0.1, -0.05) is 12.1 Å². The minimum atomic E-state index is -0.718. The summed E-state index contributed by atoms with van der Waals surface area (Å²) < 4.78 is 35.4. The number of benzene rings is 1. The van der Waals surface area contributed by atoms with Gasteiger partial charge in [-0.05, 0) is 37.1 Å². The van der Waals surface area contributed by atoms with Crippen molar-refractivity contribution in [3.63, 3.8) is 0 Å². The molecule has 0 aliphatic carbocycles. The van der Waals surface area contributed by atoms with Gasteiger partial charge in [0.1, 0.15) is 17.5 Å². The van der Waals surface area contributed by atoms with Crippen molar-refractivity contribution in [2.75, 3.05) is 13.1 Å². The van der Waals surface area contributed by atoms with Crippen molar-refractivity contribution in [2.24, 2.45) is 0 Å². The third-order valence-corrected chi connectivity index (χ3v) is 5.79. The monoisotopic (exact) mass is 437 g/mol. The molecule has 1 unspecified atom stereocenters. The van der Waals surface area contributed by atoms with Crippen LogP contribution in [-0.2, 0) is 11.2 Å². The van der Waals surface area contributed by atoms with Crippen LogP contribution in [0.5, 0.6) is 0 Å². The highest BCUT2D eigenvalue weighted by molar-refractivity contribution is 5.76. The number of fused-ring (bicyclic) bond motifs is 1. The maximum atomic E-state index is 14.0. The number of nitrogens with zero attached hydrogens (tertiary/aromatic N) is 5. The van der Waals surface area contributed by atoms with Crippen molar-refractivity contribution in [1.82, 2.24) is 24.5 Å². The molecular weight excluding hydrogens is 416 g/mol. The molecule has 0 N–H and O–H groups in total. The van der Waals surface area contributed by atoms with Crippen LogP contribution in [0.1, 0.15) is 36.9 Å². The fourth-order valence-electron chi connectivity index (χ4n) is 4.20. The average Bonchev–Trinajstić information content (AvgIpc) is 3.45. The minimum absolute atomic E-state index is 0.0136. The Kier molecular flexibility index (Phi) is 5.38. The fourth-order valence-corrected chi connectivity index (χ4v) is 4.20. The van der Waals surface area contributed by atoms with E-state index in [-0.39, 0.29) is 41.9 Å². The van der Waals surface area contributed by atoms with E-state index >= 15 is 0 Å². The Hall–Kier alpha value is -3.62. The van der Waals surface area contributed by atoms with Crippen LogP contribution in [0.2, 0.25) is 0 Å². The Morgan fingerprint density at radius 2 is 1.97 bits per heavy atom. The number of carbonyl (C=O) groups is 1. The van der Waals surface area contributed by atoms with Gasteiger partial charge in [0.15, 0.2) is 17.3 Å². The summed E-state index contributed by atoms with van der Waals surface area (Å²) >= 11 is 0. The van der Waals surface area contributed by atoms with Gasteiger partial charge in [0.2, 0.25) is 5.91 Å². The van der Waals surface area contributed by atoms with Crippen LogP contribution in [0.3, 0.4) is 0 Å². The van der Waals surface area contributed by atoms with E-state index < -0.39 is 11.6 Å². The van der Waals surface area contributed by atoms with Crippen molar-refractivity contribution in [1.29, 1.82) is 0 Å². The molecule has 1 aliphatic rings. The topological polar surface area (TPSA) is 76.5 Å². The van der Waals surface area contributed by atoms with Gasteiger partial charge in [0.25, 0.3) is 0 Å². The van der Waals surface area contributed by atoms with Gasteiger partial charge in [-0.15, -0.1) is 10.2 Å². The number of likely N-dealkylation sites (tertiary alicyclic amines) is 1. The molecule has 164 valence electrons. The molecule has 32 heavy (non-hydrogen) atoms. The number of aromatic nitrogens is 4. The molecule has 0 spiro atoms. The highest BCUT2D eigenvalue weighted by atomic mass is 19.1. The number of aryl methyl sites for hydroxylation is 1. The minimum Gasteiger partial charge on any atom is -0.441 e. The normalized spacial score (nSPS) is 16.6. The lowest BCUT2D eigenvalue weighted by atomic mass is 9.97. The van der Waals surface area contributed by atoms with E-state index in [2.05, 4.69) is 15.2 Å². The molecule has 0 radical (unpaired) electrons. The molecule has 3 aromatic heterocycles. The quantitative estimate of drug-likeness (QED) is 0.472. The van der Waals surface area contributed by atoms with Crippen LogP contribution >= 0.6 is 0 Å². The van der Waals surface area contributed by atoms with Crippen molar-refractivity contribution in [3.8, 4) is 11.3 Å². The van der Waals surface area contributed by atoms with Crippen LogP contribution in [0, 0.1) is 11.6 Å².